The van der Waals surface area contributed by atoms with E-state index in [-0.39, 0.29) is 0 Å². The van der Waals surface area contributed by atoms with Crippen LogP contribution in [-0.4, -0.2) is 11.5 Å². The number of thiazole rings is 1. The first kappa shape index (κ1) is 10.3. The number of hydrogen-bond donors (Lipinski definition) is 1. The molecule has 1 heterocycles. The minimum absolute atomic E-state index is 0.403. The van der Waals surface area contributed by atoms with Gasteiger partial charge in [0.05, 0.1) is 0 Å². The average molecular weight is 218 g/mol. The third-order valence-corrected chi connectivity index (χ3v) is 3.66. The van der Waals surface area contributed by atoms with Gasteiger partial charge in [-0.05, 0) is 6.54 Å². The van der Waals surface area contributed by atoms with Crippen LogP contribution in [0.1, 0.15) is 17.7 Å². The van der Waals surface area contributed by atoms with E-state index in [1.807, 2.05) is 24.4 Å². The molecule has 1 atom stereocenters. The van der Waals surface area contributed by atoms with Crippen molar-refractivity contribution < 1.29 is 0 Å². The predicted octanol–water partition coefficient (Wildman–Crippen LogP) is 2.87. The van der Waals surface area contributed by atoms with Crippen molar-refractivity contribution in [2.75, 3.05) is 6.54 Å². The summed E-state index contributed by atoms with van der Waals surface area (Å²) in [6, 6.07) is 10.2. The quantitative estimate of drug-likeness (QED) is 0.860. The Balaban J connectivity index is 2.28. The molecular weight excluding hydrogens is 204 g/mol. The summed E-state index contributed by atoms with van der Waals surface area (Å²) in [6.45, 7) is 2.80. The van der Waals surface area contributed by atoms with Crippen LogP contribution in [-0.2, 0) is 0 Å². The summed E-state index contributed by atoms with van der Waals surface area (Å²) < 4.78 is 0. The third-order valence-electron chi connectivity index (χ3n) is 2.38. The summed E-state index contributed by atoms with van der Waals surface area (Å²) in [7, 11) is 0. The largest absolute Gasteiger partial charge is 0.330 e. The second-order valence-corrected chi connectivity index (χ2v) is 4.63. The fourth-order valence-electron chi connectivity index (χ4n) is 1.34. The van der Waals surface area contributed by atoms with E-state index in [0.29, 0.717) is 12.5 Å². The molecule has 0 spiro atoms. The van der Waals surface area contributed by atoms with E-state index in [9.17, 15) is 0 Å². The normalized spacial score (nSPS) is 12.7. The molecule has 2 nitrogen and oxygen atoms in total. The van der Waals surface area contributed by atoms with Crippen molar-refractivity contribution in [3.63, 3.8) is 0 Å². The molecule has 1 aromatic heterocycles. The van der Waals surface area contributed by atoms with Crippen LogP contribution in [0.5, 0.6) is 0 Å². The van der Waals surface area contributed by atoms with Crippen LogP contribution < -0.4 is 5.73 Å². The van der Waals surface area contributed by atoms with Gasteiger partial charge in [-0.15, -0.1) is 11.3 Å². The van der Waals surface area contributed by atoms with Gasteiger partial charge in [0, 0.05) is 22.6 Å². The molecule has 0 bridgehead atoms. The lowest BCUT2D eigenvalue weighted by Gasteiger charge is -2.02. The van der Waals surface area contributed by atoms with Crippen LogP contribution in [0.25, 0.3) is 10.6 Å². The van der Waals surface area contributed by atoms with Gasteiger partial charge < -0.3 is 5.73 Å². The number of nitrogens with two attached hydrogens (primary N) is 1. The summed E-state index contributed by atoms with van der Waals surface area (Å²) in [6.07, 6.45) is 1.94. The second-order valence-electron chi connectivity index (χ2n) is 3.57. The zero-order valence-electron chi connectivity index (χ0n) is 8.68. The highest BCUT2D eigenvalue weighted by Crippen LogP contribution is 2.28. The molecule has 2 N–H and O–H groups in total. The molecule has 0 aliphatic carbocycles. The maximum atomic E-state index is 5.63. The first-order chi connectivity index (χ1) is 7.31. The van der Waals surface area contributed by atoms with Gasteiger partial charge in [-0.3, -0.25) is 0 Å². The fourth-order valence-corrected chi connectivity index (χ4v) is 2.33. The molecule has 15 heavy (non-hydrogen) atoms. The van der Waals surface area contributed by atoms with Crippen LogP contribution in [0.15, 0.2) is 36.5 Å². The molecule has 0 amide bonds. The minimum Gasteiger partial charge on any atom is -0.330 e. The Morgan fingerprint density at radius 2 is 2.07 bits per heavy atom. The Morgan fingerprint density at radius 1 is 1.33 bits per heavy atom. The van der Waals surface area contributed by atoms with Crippen molar-refractivity contribution >= 4 is 11.3 Å². The summed E-state index contributed by atoms with van der Waals surface area (Å²) in [4.78, 5) is 5.68. The lowest BCUT2D eigenvalue weighted by Crippen LogP contribution is -2.07. The van der Waals surface area contributed by atoms with Gasteiger partial charge in [0.25, 0.3) is 0 Å². The first-order valence-corrected chi connectivity index (χ1v) is 5.84. The monoisotopic (exact) mass is 218 g/mol. The highest BCUT2D eigenvalue weighted by molar-refractivity contribution is 7.15. The molecule has 0 saturated carbocycles. The number of aromatic nitrogens is 1. The molecule has 3 heteroatoms. The van der Waals surface area contributed by atoms with Crippen LogP contribution in [0.2, 0.25) is 0 Å². The zero-order chi connectivity index (χ0) is 10.7. The zero-order valence-corrected chi connectivity index (χ0v) is 9.50. The second kappa shape index (κ2) is 4.55. The van der Waals surface area contributed by atoms with Gasteiger partial charge in [0.1, 0.15) is 5.01 Å². The van der Waals surface area contributed by atoms with E-state index >= 15 is 0 Å². The van der Waals surface area contributed by atoms with E-state index in [0.717, 1.165) is 5.01 Å². The van der Waals surface area contributed by atoms with E-state index in [2.05, 4.69) is 24.0 Å². The molecule has 1 unspecified atom stereocenters. The highest BCUT2D eigenvalue weighted by atomic mass is 32.1. The average Bonchev–Trinajstić information content (AvgIpc) is 2.78. The fraction of sp³-hybridized carbons (Fsp3) is 0.250. The van der Waals surface area contributed by atoms with Gasteiger partial charge >= 0.3 is 0 Å². The Bertz CT molecular complexity index is 422. The van der Waals surface area contributed by atoms with Gasteiger partial charge in [0.2, 0.25) is 0 Å². The Labute approximate surface area is 93.8 Å². The summed E-state index contributed by atoms with van der Waals surface area (Å²) in [5, 5.41) is 1.07. The van der Waals surface area contributed by atoms with Crippen LogP contribution in [0.4, 0.5) is 0 Å². The Hall–Kier alpha value is -1.19. The molecule has 1 aromatic carbocycles. The minimum atomic E-state index is 0.403. The predicted molar refractivity (Wildman–Crippen MR) is 65.0 cm³/mol. The molecule has 2 aromatic rings. The van der Waals surface area contributed by atoms with Crippen LogP contribution >= 0.6 is 11.3 Å². The van der Waals surface area contributed by atoms with E-state index in [1.54, 1.807) is 11.3 Å². The topological polar surface area (TPSA) is 38.9 Å². The molecular formula is C12H14N2S. The maximum absolute atomic E-state index is 5.63. The van der Waals surface area contributed by atoms with Crippen molar-refractivity contribution in [3.05, 3.63) is 41.4 Å². The maximum Gasteiger partial charge on any atom is 0.123 e. The van der Waals surface area contributed by atoms with Crippen molar-refractivity contribution in [2.45, 2.75) is 12.8 Å². The van der Waals surface area contributed by atoms with E-state index in [1.165, 1.54) is 10.4 Å². The van der Waals surface area contributed by atoms with E-state index in [4.69, 9.17) is 5.73 Å². The highest BCUT2D eigenvalue weighted by Gasteiger charge is 2.08. The Morgan fingerprint density at radius 3 is 2.73 bits per heavy atom. The molecule has 0 saturated heterocycles. The van der Waals surface area contributed by atoms with Crippen molar-refractivity contribution in [1.29, 1.82) is 0 Å². The SMILES string of the molecule is CC(CN)c1cnc(-c2ccccc2)s1. The summed E-state index contributed by atoms with van der Waals surface area (Å²) in [5.41, 5.74) is 6.81. The molecule has 0 aliphatic rings. The summed E-state index contributed by atoms with van der Waals surface area (Å²) in [5.74, 6) is 0.403. The van der Waals surface area contributed by atoms with Crippen molar-refractivity contribution in [3.8, 4) is 10.6 Å². The van der Waals surface area contributed by atoms with Crippen molar-refractivity contribution in [1.82, 2.24) is 4.98 Å². The van der Waals surface area contributed by atoms with Gasteiger partial charge in [-0.2, -0.15) is 0 Å². The number of hydrogen-bond acceptors (Lipinski definition) is 3. The standard InChI is InChI=1S/C12H14N2S/c1-9(7-13)11-8-14-12(15-11)10-5-3-2-4-6-10/h2-6,8-9H,7,13H2,1H3. The van der Waals surface area contributed by atoms with Gasteiger partial charge in [-0.25, -0.2) is 4.98 Å². The number of rotatable bonds is 3. The van der Waals surface area contributed by atoms with Crippen LogP contribution in [0.3, 0.4) is 0 Å². The lowest BCUT2D eigenvalue weighted by atomic mass is 10.2. The number of benzene rings is 1. The third kappa shape index (κ3) is 2.25. The summed E-state index contributed by atoms with van der Waals surface area (Å²) >= 11 is 1.73. The molecule has 0 radical (unpaired) electrons. The Kier molecular flexibility index (Phi) is 3.14. The van der Waals surface area contributed by atoms with Crippen molar-refractivity contribution in [2.24, 2.45) is 5.73 Å². The van der Waals surface area contributed by atoms with E-state index < -0.39 is 0 Å². The smallest absolute Gasteiger partial charge is 0.123 e. The molecule has 0 fully saturated rings. The van der Waals surface area contributed by atoms with Gasteiger partial charge in [-0.1, -0.05) is 37.3 Å². The first-order valence-electron chi connectivity index (χ1n) is 5.02. The van der Waals surface area contributed by atoms with Gasteiger partial charge in [0.15, 0.2) is 0 Å². The van der Waals surface area contributed by atoms with Crippen LogP contribution in [0, 0.1) is 0 Å². The lowest BCUT2D eigenvalue weighted by molar-refractivity contribution is 0.787. The molecule has 2 rings (SSSR count). The number of nitrogens with zero attached hydrogens (tertiary/aromatic N) is 1. The molecule has 78 valence electrons. The molecule has 0 aliphatic heterocycles.